The van der Waals surface area contributed by atoms with Crippen LogP contribution in [0.2, 0.25) is 0 Å². The molecule has 1 aromatic rings. The van der Waals surface area contributed by atoms with Gasteiger partial charge in [-0.1, -0.05) is 6.07 Å². The van der Waals surface area contributed by atoms with Crippen molar-refractivity contribution in [3.05, 3.63) is 24.3 Å². The Labute approximate surface area is 84.0 Å². The summed E-state index contributed by atoms with van der Waals surface area (Å²) in [6, 6.07) is 7.55. The molecule has 0 aliphatic rings. The zero-order chi connectivity index (χ0) is 10.2. The molecule has 78 valence electrons. The van der Waals surface area contributed by atoms with E-state index in [1.807, 2.05) is 31.2 Å². The molecule has 0 aromatic heterocycles. The van der Waals surface area contributed by atoms with E-state index in [-0.39, 0.29) is 0 Å². The fourth-order valence-electron chi connectivity index (χ4n) is 1.05. The van der Waals surface area contributed by atoms with E-state index >= 15 is 0 Å². The molecule has 0 aliphatic heterocycles. The second kappa shape index (κ2) is 6.23. The summed E-state index contributed by atoms with van der Waals surface area (Å²) in [7, 11) is 0. The quantitative estimate of drug-likeness (QED) is 0.403. The summed E-state index contributed by atoms with van der Waals surface area (Å²) in [5.41, 5.74) is 2.52. The Morgan fingerprint density at radius 3 is 2.64 bits per heavy atom. The number of benzene rings is 1. The van der Waals surface area contributed by atoms with Gasteiger partial charge >= 0.3 is 0 Å². The number of hydrazine groups is 1. The summed E-state index contributed by atoms with van der Waals surface area (Å²) >= 11 is 0. The van der Waals surface area contributed by atoms with Crippen LogP contribution in [-0.4, -0.2) is 19.8 Å². The second-order valence-electron chi connectivity index (χ2n) is 2.71. The smallest absolute Gasteiger partial charge is 0.123 e. The van der Waals surface area contributed by atoms with E-state index in [4.69, 9.17) is 15.3 Å². The van der Waals surface area contributed by atoms with Gasteiger partial charge in [-0.15, -0.1) is 0 Å². The summed E-state index contributed by atoms with van der Waals surface area (Å²) in [5, 5.41) is 0. The summed E-state index contributed by atoms with van der Waals surface area (Å²) in [4.78, 5) is 0. The predicted octanol–water partition coefficient (Wildman–Crippen LogP) is 0.927. The van der Waals surface area contributed by atoms with Gasteiger partial charge in [0.1, 0.15) is 18.1 Å². The van der Waals surface area contributed by atoms with E-state index < -0.39 is 0 Å². The van der Waals surface area contributed by atoms with Crippen molar-refractivity contribution in [3.8, 4) is 11.5 Å². The van der Waals surface area contributed by atoms with Crippen molar-refractivity contribution in [1.29, 1.82) is 0 Å². The molecule has 1 rings (SSSR count). The number of ether oxygens (including phenoxy) is 2. The minimum atomic E-state index is 0.548. The lowest BCUT2D eigenvalue weighted by molar-refractivity contribution is 0.307. The Morgan fingerprint density at radius 2 is 2.00 bits per heavy atom. The van der Waals surface area contributed by atoms with E-state index in [2.05, 4.69) is 5.43 Å². The fraction of sp³-hybridized carbons (Fsp3) is 0.400. The molecule has 4 heteroatoms. The molecule has 0 atom stereocenters. The molecular formula is C10H16N2O2. The largest absolute Gasteiger partial charge is 0.494 e. The van der Waals surface area contributed by atoms with Crippen LogP contribution >= 0.6 is 0 Å². The van der Waals surface area contributed by atoms with Crippen LogP contribution in [-0.2, 0) is 0 Å². The van der Waals surface area contributed by atoms with Gasteiger partial charge in [0, 0.05) is 12.6 Å². The van der Waals surface area contributed by atoms with Crippen molar-refractivity contribution in [3.63, 3.8) is 0 Å². The first kappa shape index (κ1) is 10.8. The van der Waals surface area contributed by atoms with E-state index in [0.717, 1.165) is 11.5 Å². The summed E-state index contributed by atoms with van der Waals surface area (Å²) in [6.45, 7) is 3.78. The Kier molecular flexibility index (Phi) is 4.82. The second-order valence-corrected chi connectivity index (χ2v) is 2.71. The molecule has 0 amide bonds. The van der Waals surface area contributed by atoms with Crippen molar-refractivity contribution >= 4 is 0 Å². The first-order valence-electron chi connectivity index (χ1n) is 4.66. The first-order valence-corrected chi connectivity index (χ1v) is 4.66. The summed E-state index contributed by atoms with van der Waals surface area (Å²) < 4.78 is 10.7. The van der Waals surface area contributed by atoms with Crippen LogP contribution in [0.25, 0.3) is 0 Å². The lowest BCUT2D eigenvalue weighted by Gasteiger charge is -2.07. The van der Waals surface area contributed by atoms with Gasteiger partial charge in [-0.2, -0.15) is 0 Å². The van der Waals surface area contributed by atoms with Crippen LogP contribution in [0, 0.1) is 0 Å². The minimum Gasteiger partial charge on any atom is -0.494 e. The Morgan fingerprint density at radius 1 is 1.29 bits per heavy atom. The molecule has 0 radical (unpaired) electrons. The maximum atomic E-state index is 5.41. The molecule has 0 fully saturated rings. The first-order chi connectivity index (χ1) is 6.86. The average Bonchev–Trinajstić information content (AvgIpc) is 2.19. The average molecular weight is 196 g/mol. The molecule has 0 spiro atoms. The molecule has 0 saturated heterocycles. The van der Waals surface area contributed by atoms with Gasteiger partial charge in [-0.05, 0) is 19.1 Å². The van der Waals surface area contributed by atoms with Crippen LogP contribution in [0.1, 0.15) is 6.92 Å². The maximum absolute atomic E-state index is 5.41. The third-order valence-electron chi connectivity index (χ3n) is 1.63. The normalized spacial score (nSPS) is 9.86. The van der Waals surface area contributed by atoms with Crippen LogP contribution in [0.5, 0.6) is 11.5 Å². The van der Waals surface area contributed by atoms with Gasteiger partial charge in [-0.25, -0.2) is 0 Å². The highest BCUT2D eigenvalue weighted by Gasteiger charge is 1.96. The highest BCUT2D eigenvalue weighted by Crippen LogP contribution is 2.18. The summed E-state index contributed by atoms with van der Waals surface area (Å²) in [6.07, 6.45) is 0. The summed E-state index contributed by atoms with van der Waals surface area (Å²) in [5.74, 6) is 6.74. The van der Waals surface area contributed by atoms with Gasteiger partial charge in [0.25, 0.3) is 0 Å². The van der Waals surface area contributed by atoms with E-state index in [1.54, 1.807) is 0 Å². The number of rotatable bonds is 6. The Bertz CT molecular complexity index is 266. The van der Waals surface area contributed by atoms with Crippen LogP contribution < -0.4 is 20.7 Å². The number of hydrogen-bond acceptors (Lipinski definition) is 4. The number of nitrogens with one attached hydrogen (secondary N) is 1. The molecule has 14 heavy (non-hydrogen) atoms. The van der Waals surface area contributed by atoms with Gasteiger partial charge in [0.15, 0.2) is 0 Å². The SMILES string of the molecule is CCOc1cccc(OCCNN)c1. The van der Waals surface area contributed by atoms with Crippen molar-refractivity contribution in [2.75, 3.05) is 19.8 Å². The molecule has 0 unspecified atom stereocenters. The van der Waals surface area contributed by atoms with E-state index in [1.165, 1.54) is 0 Å². The van der Waals surface area contributed by atoms with Crippen molar-refractivity contribution in [2.45, 2.75) is 6.92 Å². The molecule has 1 aromatic carbocycles. The van der Waals surface area contributed by atoms with Crippen molar-refractivity contribution in [2.24, 2.45) is 5.84 Å². The number of hydrogen-bond donors (Lipinski definition) is 2. The van der Waals surface area contributed by atoms with Gasteiger partial charge < -0.3 is 9.47 Å². The molecule has 0 saturated carbocycles. The van der Waals surface area contributed by atoms with Gasteiger partial charge in [0.05, 0.1) is 6.61 Å². The molecule has 0 aliphatic carbocycles. The van der Waals surface area contributed by atoms with E-state index in [0.29, 0.717) is 19.8 Å². The van der Waals surface area contributed by atoms with E-state index in [9.17, 15) is 0 Å². The standard InChI is InChI=1S/C10H16N2O2/c1-2-13-9-4-3-5-10(8-9)14-7-6-12-11/h3-5,8,12H,2,6-7,11H2,1H3. The third-order valence-corrected chi connectivity index (χ3v) is 1.63. The molecule has 0 bridgehead atoms. The topological polar surface area (TPSA) is 56.5 Å². The predicted molar refractivity (Wildman–Crippen MR) is 55.3 cm³/mol. The van der Waals surface area contributed by atoms with Gasteiger partial charge in [0.2, 0.25) is 0 Å². The Balaban J connectivity index is 2.46. The highest BCUT2D eigenvalue weighted by molar-refractivity contribution is 5.32. The van der Waals surface area contributed by atoms with Crippen molar-refractivity contribution in [1.82, 2.24) is 5.43 Å². The van der Waals surface area contributed by atoms with Crippen LogP contribution in [0.3, 0.4) is 0 Å². The third kappa shape index (κ3) is 3.64. The fourth-order valence-corrected chi connectivity index (χ4v) is 1.05. The molecule has 3 N–H and O–H groups in total. The molecule has 4 nitrogen and oxygen atoms in total. The van der Waals surface area contributed by atoms with Crippen LogP contribution in [0.4, 0.5) is 0 Å². The number of nitrogens with two attached hydrogens (primary N) is 1. The molecular weight excluding hydrogens is 180 g/mol. The maximum Gasteiger partial charge on any atom is 0.123 e. The molecule has 0 heterocycles. The lowest BCUT2D eigenvalue weighted by Crippen LogP contribution is -2.27. The van der Waals surface area contributed by atoms with Gasteiger partial charge in [-0.3, -0.25) is 11.3 Å². The Hall–Kier alpha value is -1.26. The van der Waals surface area contributed by atoms with Crippen LogP contribution in [0.15, 0.2) is 24.3 Å². The highest BCUT2D eigenvalue weighted by atomic mass is 16.5. The monoisotopic (exact) mass is 196 g/mol. The zero-order valence-electron chi connectivity index (χ0n) is 8.32. The zero-order valence-corrected chi connectivity index (χ0v) is 8.32. The lowest BCUT2D eigenvalue weighted by atomic mass is 10.3. The minimum absolute atomic E-state index is 0.548. The van der Waals surface area contributed by atoms with Crippen molar-refractivity contribution < 1.29 is 9.47 Å².